The number of amides is 2. The van der Waals surface area contributed by atoms with Gasteiger partial charge in [-0.15, -0.1) is 10.2 Å². The van der Waals surface area contributed by atoms with Gasteiger partial charge in [-0.25, -0.2) is 0 Å². The lowest BCUT2D eigenvalue weighted by Gasteiger charge is -2.20. The molecule has 3 rings (SSSR count). The van der Waals surface area contributed by atoms with Crippen molar-refractivity contribution in [2.45, 2.75) is 33.2 Å². The number of hydrogen-bond acceptors (Lipinski definition) is 6. The van der Waals surface area contributed by atoms with Crippen LogP contribution in [0.25, 0.3) is 11.7 Å². The Morgan fingerprint density at radius 1 is 1.17 bits per heavy atom. The van der Waals surface area contributed by atoms with Crippen LogP contribution >= 0.6 is 0 Å². The quantitative estimate of drug-likeness (QED) is 0.596. The molecule has 0 saturated carbocycles. The molecule has 0 radical (unpaired) electrons. The summed E-state index contributed by atoms with van der Waals surface area (Å²) in [5.74, 6) is 0.815. The average molecular weight is 396 g/mol. The maximum absolute atomic E-state index is 12.6. The molecule has 2 amide bonds. The summed E-state index contributed by atoms with van der Waals surface area (Å²) in [6.07, 6.45) is 2.51. The van der Waals surface area contributed by atoms with Crippen molar-refractivity contribution in [1.29, 1.82) is 0 Å². The molecular formula is C21H24N4O4. The van der Waals surface area contributed by atoms with Crippen LogP contribution in [0.15, 0.2) is 51.5 Å². The van der Waals surface area contributed by atoms with Crippen molar-refractivity contribution in [3.8, 4) is 11.7 Å². The second-order valence-corrected chi connectivity index (χ2v) is 6.67. The van der Waals surface area contributed by atoms with Gasteiger partial charge in [0.1, 0.15) is 0 Å². The van der Waals surface area contributed by atoms with Crippen LogP contribution in [0, 0.1) is 6.92 Å². The highest BCUT2D eigenvalue weighted by atomic mass is 16.4. The number of aryl methyl sites for hydroxylation is 1. The van der Waals surface area contributed by atoms with E-state index in [9.17, 15) is 9.59 Å². The first-order valence-corrected chi connectivity index (χ1v) is 9.55. The first-order valence-electron chi connectivity index (χ1n) is 9.55. The van der Waals surface area contributed by atoms with E-state index >= 15 is 0 Å². The van der Waals surface area contributed by atoms with E-state index in [1.54, 1.807) is 23.1 Å². The number of nitrogens with zero attached hydrogens (tertiary/aromatic N) is 3. The van der Waals surface area contributed by atoms with Crippen LogP contribution in [0.2, 0.25) is 0 Å². The number of carbonyl (C=O) groups excluding carboxylic acids is 2. The molecule has 0 saturated heterocycles. The maximum Gasteiger partial charge on any atom is 0.283 e. The van der Waals surface area contributed by atoms with Crippen molar-refractivity contribution in [1.82, 2.24) is 20.4 Å². The number of carbonyl (C=O) groups is 2. The van der Waals surface area contributed by atoms with E-state index in [-0.39, 0.29) is 37.2 Å². The molecule has 0 bridgehead atoms. The highest BCUT2D eigenvalue weighted by Gasteiger charge is 2.18. The summed E-state index contributed by atoms with van der Waals surface area (Å²) in [7, 11) is 0. The molecule has 0 unspecified atom stereocenters. The summed E-state index contributed by atoms with van der Waals surface area (Å²) in [6.45, 7) is 4.95. The Morgan fingerprint density at radius 3 is 2.76 bits per heavy atom. The number of benzene rings is 1. The Balaban J connectivity index is 1.53. The smallest absolute Gasteiger partial charge is 0.283 e. The lowest BCUT2D eigenvalue weighted by Crippen LogP contribution is -2.34. The van der Waals surface area contributed by atoms with Crippen LogP contribution in [-0.2, 0) is 11.3 Å². The molecule has 3 aromatic rings. The summed E-state index contributed by atoms with van der Waals surface area (Å²) in [4.78, 5) is 26.5. The topological polar surface area (TPSA) is 101 Å². The number of rotatable bonds is 9. The van der Waals surface area contributed by atoms with Gasteiger partial charge >= 0.3 is 0 Å². The monoisotopic (exact) mass is 396 g/mol. The molecule has 2 heterocycles. The van der Waals surface area contributed by atoms with Crippen LogP contribution < -0.4 is 5.32 Å². The number of hydrogen-bond donors (Lipinski definition) is 1. The molecule has 0 fully saturated rings. The zero-order chi connectivity index (χ0) is 20.6. The van der Waals surface area contributed by atoms with Gasteiger partial charge in [0.05, 0.1) is 12.8 Å². The highest BCUT2D eigenvalue weighted by molar-refractivity contribution is 5.94. The molecule has 1 N–H and O–H groups in total. The van der Waals surface area contributed by atoms with Gasteiger partial charge in [-0.3, -0.25) is 9.59 Å². The number of furan rings is 1. The Kier molecular flexibility index (Phi) is 6.78. The van der Waals surface area contributed by atoms with Crippen LogP contribution in [0.3, 0.4) is 0 Å². The zero-order valence-corrected chi connectivity index (χ0v) is 16.6. The lowest BCUT2D eigenvalue weighted by atomic mass is 10.1. The molecule has 152 valence electrons. The second-order valence-electron chi connectivity index (χ2n) is 6.67. The lowest BCUT2D eigenvalue weighted by molar-refractivity contribution is -0.132. The van der Waals surface area contributed by atoms with Crippen LogP contribution in [0.5, 0.6) is 0 Å². The van der Waals surface area contributed by atoms with Gasteiger partial charge in [-0.2, -0.15) is 0 Å². The molecule has 29 heavy (non-hydrogen) atoms. The molecule has 0 aliphatic rings. The Bertz CT molecular complexity index is 949. The van der Waals surface area contributed by atoms with Gasteiger partial charge in [-0.05, 0) is 37.6 Å². The van der Waals surface area contributed by atoms with E-state index in [4.69, 9.17) is 8.83 Å². The molecule has 0 spiro atoms. The minimum atomic E-state index is -0.191. The van der Waals surface area contributed by atoms with Crippen LogP contribution in [-0.4, -0.2) is 40.0 Å². The summed E-state index contributed by atoms with van der Waals surface area (Å²) >= 11 is 0. The van der Waals surface area contributed by atoms with E-state index in [2.05, 4.69) is 15.5 Å². The Hall–Kier alpha value is -3.42. The van der Waals surface area contributed by atoms with Crippen LogP contribution in [0.1, 0.15) is 41.6 Å². The predicted molar refractivity (Wildman–Crippen MR) is 106 cm³/mol. The van der Waals surface area contributed by atoms with Gasteiger partial charge in [0, 0.05) is 25.1 Å². The van der Waals surface area contributed by atoms with Crippen molar-refractivity contribution >= 4 is 11.8 Å². The summed E-state index contributed by atoms with van der Waals surface area (Å²) in [6, 6.07) is 10.8. The van der Waals surface area contributed by atoms with E-state index in [0.29, 0.717) is 23.8 Å². The zero-order valence-electron chi connectivity index (χ0n) is 16.6. The van der Waals surface area contributed by atoms with E-state index in [1.165, 1.54) is 6.26 Å². The van der Waals surface area contributed by atoms with Gasteiger partial charge in [0.25, 0.3) is 11.8 Å². The van der Waals surface area contributed by atoms with Gasteiger partial charge in [0.15, 0.2) is 5.76 Å². The predicted octanol–water partition coefficient (Wildman–Crippen LogP) is 3.20. The van der Waals surface area contributed by atoms with Crippen LogP contribution in [0.4, 0.5) is 0 Å². The number of aromatic nitrogens is 2. The molecule has 0 atom stereocenters. The van der Waals surface area contributed by atoms with Gasteiger partial charge in [-0.1, -0.05) is 24.6 Å². The van der Waals surface area contributed by atoms with E-state index in [1.807, 2.05) is 32.0 Å². The first-order chi connectivity index (χ1) is 14.1. The summed E-state index contributed by atoms with van der Waals surface area (Å²) in [5.41, 5.74) is 1.59. The first kappa shape index (κ1) is 20.3. The largest absolute Gasteiger partial charge is 0.459 e. The van der Waals surface area contributed by atoms with Gasteiger partial charge in [0.2, 0.25) is 11.8 Å². The molecule has 1 aromatic carbocycles. The molecule has 0 aliphatic carbocycles. The maximum atomic E-state index is 12.6. The average Bonchev–Trinajstić information content (AvgIpc) is 3.39. The minimum Gasteiger partial charge on any atom is -0.459 e. The van der Waals surface area contributed by atoms with Gasteiger partial charge < -0.3 is 19.1 Å². The van der Waals surface area contributed by atoms with Crippen molar-refractivity contribution in [3.63, 3.8) is 0 Å². The fourth-order valence-electron chi connectivity index (χ4n) is 2.87. The minimum absolute atomic E-state index is 0.0888. The SMILES string of the molecule is CCCN(Cc1nnc(-c2ccco2)o1)C(=O)CCNC(=O)c1cccc(C)c1. The summed E-state index contributed by atoms with van der Waals surface area (Å²) < 4.78 is 10.8. The van der Waals surface area contributed by atoms with Crippen molar-refractivity contribution in [2.24, 2.45) is 0 Å². The fourth-order valence-corrected chi connectivity index (χ4v) is 2.87. The standard InChI is InChI=1S/C21H24N4O4/c1-3-11-25(14-18-23-24-21(29-18)17-8-5-12-28-17)19(26)9-10-22-20(27)16-7-4-6-15(2)13-16/h4-8,12-13H,3,9-11,14H2,1-2H3,(H,22,27). The molecule has 2 aromatic heterocycles. The molecule has 0 aliphatic heterocycles. The normalized spacial score (nSPS) is 10.7. The Labute approximate surface area is 168 Å². The Morgan fingerprint density at radius 2 is 2.03 bits per heavy atom. The third-order valence-corrected chi connectivity index (χ3v) is 4.28. The second kappa shape index (κ2) is 9.68. The third kappa shape index (κ3) is 5.54. The third-order valence-electron chi connectivity index (χ3n) is 4.28. The van der Waals surface area contributed by atoms with Crippen molar-refractivity contribution < 1.29 is 18.4 Å². The van der Waals surface area contributed by atoms with Crippen molar-refractivity contribution in [3.05, 3.63) is 59.7 Å². The van der Waals surface area contributed by atoms with E-state index < -0.39 is 0 Å². The fraction of sp³-hybridized carbons (Fsp3) is 0.333. The summed E-state index contributed by atoms with van der Waals surface area (Å²) in [5, 5.41) is 10.7. The van der Waals surface area contributed by atoms with Crippen molar-refractivity contribution in [2.75, 3.05) is 13.1 Å². The molecule has 8 heteroatoms. The molecular weight excluding hydrogens is 372 g/mol. The number of nitrogens with one attached hydrogen (secondary N) is 1. The highest BCUT2D eigenvalue weighted by Crippen LogP contribution is 2.18. The van der Waals surface area contributed by atoms with E-state index in [0.717, 1.165) is 12.0 Å². The molecule has 8 nitrogen and oxygen atoms in total.